The van der Waals surface area contributed by atoms with Gasteiger partial charge in [0.1, 0.15) is 0 Å². The number of rotatable bonds is 3. The number of aryl methyl sites for hydroxylation is 1. The smallest absolute Gasteiger partial charge is 0.255 e. The monoisotopic (exact) mass is 238 g/mol. The molecular weight excluding hydrogens is 224 g/mol. The number of nitrogens with one attached hydrogen (secondary N) is 1. The Morgan fingerprint density at radius 3 is 2.81 bits per heavy atom. The molecule has 0 spiro atoms. The molecule has 6 heteroatoms. The lowest BCUT2D eigenvalue weighted by Crippen LogP contribution is -2.15. The van der Waals surface area contributed by atoms with Gasteiger partial charge in [-0.2, -0.15) is 0 Å². The largest absolute Gasteiger partial charge is 0.290 e. The molecule has 0 aliphatic heterocycles. The molecule has 0 unspecified atom stereocenters. The number of hydrogen-bond donors (Lipinski definition) is 1. The molecule has 16 heavy (non-hydrogen) atoms. The van der Waals surface area contributed by atoms with Gasteiger partial charge in [-0.3, -0.25) is 14.2 Å². The Balaban J connectivity index is 2.62. The zero-order valence-electron chi connectivity index (χ0n) is 9.57. The number of aromatic nitrogens is 4. The van der Waals surface area contributed by atoms with E-state index in [2.05, 4.69) is 22.1 Å². The minimum Gasteiger partial charge on any atom is -0.290 e. The first-order valence-corrected chi connectivity index (χ1v) is 6.21. The highest BCUT2D eigenvalue weighted by Crippen LogP contribution is 2.18. The lowest BCUT2D eigenvalue weighted by atomic mass is 10.3. The summed E-state index contributed by atoms with van der Waals surface area (Å²) in [6, 6.07) is 0. The Labute approximate surface area is 97.3 Å². The van der Waals surface area contributed by atoms with Crippen molar-refractivity contribution >= 4 is 17.5 Å². The molecule has 2 aromatic rings. The SMILES string of the molecule is CCCSc1nnc2[nH]c(=O)c(C)c(C)n12. The fourth-order valence-corrected chi connectivity index (χ4v) is 2.31. The van der Waals surface area contributed by atoms with Gasteiger partial charge >= 0.3 is 0 Å². The van der Waals surface area contributed by atoms with Crippen LogP contribution in [0.4, 0.5) is 0 Å². The van der Waals surface area contributed by atoms with Crippen LogP contribution in [0.15, 0.2) is 9.95 Å². The van der Waals surface area contributed by atoms with Crippen LogP contribution in [0.2, 0.25) is 0 Å². The molecular formula is C10H14N4OS. The summed E-state index contributed by atoms with van der Waals surface area (Å²) in [6.07, 6.45) is 1.08. The molecule has 0 atom stereocenters. The molecule has 0 aliphatic carbocycles. The summed E-state index contributed by atoms with van der Waals surface area (Å²) in [4.78, 5) is 14.2. The Kier molecular flexibility index (Phi) is 3.00. The van der Waals surface area contributed by atoms with E-state index in [1.54, 1.807) is 11.8 Å². The van der Waals surface area contributed by atoms with Gasteiger partial charge < -0.3 is 0 Å². The maximum absolute atomic E-state index is 11.5. The van der Waals surface area contributed by atoms with Crippen molar-refractivity contribution in [3.8, 4) is 0 Å². The van der Waals surface area contributed by atoms with E-state index in [4.69, 9.17) is 0 Å². The van der Waals surface area contributed by atoms with Crippen LogP contribution in [0, 0.1) is 13.8 Å². The van der Waals surface area contributed by atoms with Crippen molar-refractivity contribution in [1.82, 2.24) is 19.6 Å². The third-order valence-corrected chi connectivity index (χ3v) is 3.65. The molecule has 86 valence electrons. The second kappa shape index (κ2) is 4.29. The summed E-state index contributed by atoms with van der Waals surface area (Å²) < 4.78 is 1.90. The number of H-pyrrole nitrogens is 1. The van der Waals surface area contributed by atoms with Crippen molar-refractivity contribution in [1.29, 1.82) is 0 Å². The van der Waals surface area contributed by atoms with Crippen molar-refractivity contribution in [2.24, 2.45) is 0 Å². The highest BCUT2D eigenvalue weighted by atomic mass is 32.2. The van der Waals surface area contributed by atoms with E-state index in [1.807, 2.05) is 18.2 Å². The van der Waals surface area contributed by atoms with E-state index in [0.29, 0.717) is 11.3 Å². The first kappa shape index (κ1) is 11.2. The second-order valence-electron chi connectivity index (χ2n) is 3.65. The summed E-state index contributed by atoms with van der Waals surface area (Å²) in [6.45, 7) is 5.84. The lowest BCUT2D eigenvalue weighted by Gasteiger charge is -2.04. The number of hydrogen-bond acceptors (Lipinski definition) is 4. The van der Waals surface area contributed by atoms with Gasteiger partial charge in [-0.25, -0.2) is 0 Å². The molecule has 0 radical (unpaired) electrons. The Hall–Kier alpha value is -1.30. The van der Waals surface area contributed by atoms with Gasteiger partial charge in [-0.1, -0.05) is 18.7 Å². The average Bonchev–Trinajstić information content (AvgIpc) is 2.66. The van der Waals surface area contributed by atoms with Gasteiger partial charge in [0, 0.05) is 17.0 Å². The van der Waals surface area contributed by atoms with Crippen LogP contribution in [0.25, 0.3) is 5.78 Å². The highest BCUT2D eigenvalue weighted by Gasteiger charge is 2.11. The molecule has 1 N–H and O–H groups in total. The number of fused-ring (bicyclic) bond motifs is 1. The van der Waals surface area contributed by atoms with E-state index in [9.17, 15) is 4.79 Å². The van der Waals surface area contributed by atoms with Crippen LogP contribution in [0.5, 0.6) is 0 Å². The Morgan fingerprint density at radius 2 is 2.12 bits per heavy atom. The van der Waals surface area contributed by atoms with Gasteiger partial charge in [0.15, 0.2) is 5.16 Å². The van der Waals surface area contributed by atoms with E-state index < -0.39 is 0 Å². The topological polar surface area (TPSA) is 63.0 Å². The summed E-state index contributed by atoms with van der Waals surface area (Å²) >= 11 is 1.65. The van der Waals surface area contributed by atoms with Crippen molar-refractivity contribution < 1.29 is 0 Å². The van der Waals surface area contributed by atoms with E-state index in [-0.39, 0.29) is 5.56 Å². The van der Waals surface area contributed by atoms with Crippen molar-refractivity contribution in [2.45, 2.75) is 32.3 Å². The molecule has 2 heterocycles. The molecule has 0 saturated carbocycles. The summed E-state index contributed by atoms with van der Waals surface area (Å²) in [7, 11) is 0. The third-order valence-electron chi connectivity index (χ3n) is 2.51. The van der Waals surface area contributed by atoms with Gasteiger partial charge in [0.05, 0.1) is 0 Å². The van der Waals surface area contributed by atoms with E-state index in [1.165, 1.54) is 0 Å². The fraction of sp³-hybridized carbons (Fsp3) is 0.500. The van der Waals surface area contributed by atoms with Crippen LogP contribution < -0.4 is 5.56 Å². The van der Waals surface area contributed by atoms with Crippen molar-refractivity contribution in [2.75, 3.05) is 5.75 Å². The summed E-state index contributed by atoms with van der Waals surface area (Å²) in [5.74, 6) is 1.52. The number of aromatic amines is 1. The molecule has 0 amide bonds. The molecule has 0 aliphatic rings. The molecule has 2 aromatic heterocycles. The predicted molar refractivity (Wildman–Crippen MR) is 64.1 cm³/mol. The standard InChI is InChI=1S/C10H14N4OS/c1-4-5-16-10-13-12-9-11-8(15)6(2)7(3)14(9)10/h4-5H2,1-3H3,(H,11,12,15). The molecule has 0 saturated heterocycles. The molecule has 2 rings (SSSR count). The molecule has 0 fully saturated rings. The predicted octanol–water partition coefficient (Wildman–Crippen LogP) is 1.54. The normalized spacial score (nSPS) is 11.2. The fourth-order valence-electron chi connectivity index (χ4n) is 1.47. The van der Waals surface area contributed by atoms with Gasteiger partial charge in [0.2, 0.25) is 5.78 Å². The maximum atomic E-state index is 11.5. The highest BCUT2D eigenvalue weighted by molar-refractivity contribution is 7.99. The van der Waals surface area contributed by atoms with Crippen LogP contribution >= 0.6 is 11.8 Å². The van der Waals surface area contributed by atoms with Gasteiger partial charge in [-0.15, -0.1) is 10.2 Å². The Bertz CT molecular complexity index is 572. The van der Waals surface area contributed by atoms with Crippen molar-refractivity contribution in [3.63, 3.8) is 0 Å². The van der Waals surface area contributed by atoms with Crippen LogP contribution in [0.1, 0.15) is 24.6 Å². The number of thioether (sulfide) groups is 1. The second-order valence-corrected chi connectivity index (χ2v) is 4.72. The summed E-state index contributed by atoms with van der Waals surface area (Å²) in [5.41, 5.74) is 1.53. The minimum atomic E-state index is -0.0931. The molecule has 0 aromatic carbocycles. The zero-order chi connectivity index (χ0) is 11.7. The maximum Gasteiger partial charge on any atom is 0.255 e. The molecule has 5 nitrogen and oxygen atoms in total. The summed E-state index contributed by atoms with van der Waals surface area (Å²) in [5, 5.41) is 8.89. The average molecular weight is 238 g/mol. The van der Waals surface area contributed by atoms with Crippen molar-refractivity contribution in [3.05, 3.63) is 21.6 Å². The molecule has 0 bridgehead atoms. The lowest BCUT2D eigenvalue weighted by molar-refractivity contribution is 0.873. The first-order chi connectivity index (χ1) is 7.65. The van der Waals surface area contributed by atoms with Gasteiger partial charge in [-0.05, 0) is 20.3 Å². The minimum absolute atomic E-state index is 0.0931. The number of nitrogens with zero attached hydrogens (tertiary/aromatic N) is 3. The quantitative estimate of drug-likeness (QED) is 0.824. The van der Waals surface area contributed by atoms with Gasteiger partial charge in [0.25, 0.3) is 5.56 Å². The van der Waals surface area contributed by atoms with E-state index >= 15 is 0 Å². The first-order valence-electron chi connectivity index (χ1n) is 5.22. The van der Waals surface area contributed by atoms with E-state index in [0.717, 1.165) is 23.0 Å². The zero-order valence-corrected chi connectivity index (χ0v) is 10.4. The van der Waals surface area contributed by atoms with Crippen LogP contribution in [0.3, 0.4) is 0 Å². The Morgan fingerprint density at radius 1 is 1.38 bits per heavy atom. The van der Waals surface area contributed by atoms with Crippen LogP contribution in [-0.2, 0) is 0 Å². The van der Waals surface area contributed by atoms with Crippen LogP contribution in [-0.4, -0.2) is 25.3 Å². The third kappa shape index (κ3) is 1.73.